The minimum absolute atomic E-state index is 0.237. The molecule has 0 aromatic rings. The molecule has 0 radical (unpaired) electrons. The van der Waals surface area contributed by atoms with Crippen molar-refractivity contribution < 1.29 is 23.8 Å². The molecule has 3 amide bonds. The lowest BCUT2D eigenvalue weighted by Gasteiger charge is -2.19. The Kier molecular flexibility index (Phi) is 9.58. The molecule has 8 heteroatoms. The number of unbranched alkanes of at least 4 members (excludes halogenated alkanes) is 3. The van der Waals surface area contributed by atoms with Crippen LogP contribution in [0.5, 0.6) is 0 Å². The first-order valence-corrected chi connectivity index (χ1v) is 8.73. The maximum Gasteiger partial charge on any atom is 0.342 e. The van der Waals surface area contributed by atoms with Crippen LogP contribution in [0.2, 0.25) is 0 Å². The fourth-order valence-corrected chi connectivity index (χ4v) is 2.50. The van der Waals surface area contributed by atoms with Gasteiger partial charge in [-0.05, 0) is 26.7 Å². The number of rotatable bonds is 13. The van der Waals surface area contributed by atoms with Crippen LogP contribution in [-0.4, -0.2) is 73.5 Å². The van der Waals surface area contributed by atoms with E-state index in [1.54, 1.807) is 21.0 Å². The molecular formula is C16H29ClN2O5. The predicted octanol–water partition coefficient (Wildman–Crippen LogP) is 2.42. The van der Waals surface area contributed by atoms with Crippen LogP contribution in [0.15, 0.2) is 0 Å². The lowest BCUT2D eigenvalue weighted by atomic mass is 10.1. The zero-order valence-corrected chi connectivity index (χ0v) is 15.6. The summed E-state index contributed by atoms with van der Waals surface area (Å²) in [6.07, 6.45) is 3.66. The highest BCUT2D eigenvalue weighted by Gasteiger charge is 2.50. The molecule has 1 saturated heterocycles. The smallest absolute Gasteiger partial charge is 0.342 e. The van der Waals surface area contributed by atoms with Crippen LogP contribution in [-0.2, 0) is 19.0 Å². The number of nitrogens with zero attached hydrogens (tertiary/aromatic N) is 2. The molecule has 1 aliphatic rings. The number of methoxy groups -OCH3 is 1. The Bertz CT molecular complexity index is 406. The lowest BCUT2D eigenvalue weighted by Crippen LogP contribution is -2.39. The van der Waals surface area contributed by atoms with Crippen molar-refractivity contribution in [3.8, 4) is 0 Å². The second-order valence-corrected chi connectivity index (χ2v) is 6.55. The van der Waals surface area contributed by atoms with E-state index in [-0.39, 0.29) is 5.91 Å². The Labute approximate surface area is 149 Å². The Hall–Kier alpha value is -0.890. The van der Waals surface area contributed by atoms with Gasteiger partial charge in [-0.2, -0.15) is 0 Å². The van der Waals surface area contributed by atoms with Crippen molar-refractivity contribution >= 4 is 23.7 Å². The summed E-state index contributed by atoms with van der Waals surface area (Å²) in [5.74, 6) is -0.237. The standard InChI is InChI=1S/C16H29ClN2O5/c1-16(2)14(20)18(15(21)19(16)17)8-6-4-5-7-9-23-12-13-24-11-10-22-3/h4-13H2,1-3H3. The molecule has 1 fully saturated rings. The van der Waals surface area contributed by atoms with Crippen molar-refractivity contribution in [2.45, 2.75) is 45.1 Å². The van der Waals surface area contributed by atoms with Crippen molar-refractivity contribution in [2.24, 2.45) is 0 Å². The van der Waals surface area contributed by atoms with Gasteiger partial charge in [-0.3, -0.25) is 9.69 Å². The minimum Gasteiger partial charge on any atom is -0.382 e. The van der Waals surface area contributed by atoms with Gasteiger partial charge in [-0.15, -0.1) is 0 Å². The Morgan fingerprint density at radius 2 is 1.50 bits per heavy atom. The molecule has 0 spiro atoms. The fourth-order valence-electron chi connectivity index (χ4n) is 2.34. The van der Waals surface area contributed by atoms with Crippen LogP contribution in [0.25, 0.3) is 0 Å². The summed E-state index contributed by atoms with van der Waals surface area (Å²) >= 11 is 5.88. The summed E-state index contributed by atoms with van der Waals surface area (Å²) in [6, 6.07) is -0.427. The molecule has 1 aliphatic heterocycles. The predicted molar refractivity (Wildman–Crippen MR) is 90.9 cm³/mol. The molecule has 0 atom stereocenters. The van der Waals surface area contributed by atoms with Crippen molar-refractivity contribution in [3.63, 3.8) is 0 Å². The highest BCUT2D eigenvalue weighted by atomic mass is 35.5. The fraction of sp³-hybridized carbons (Fsp3) is 0.875. The SMILES string of the molecule is COCCOCCOCCCCCCN1C(=O)N(Cl)C(C)(C)C1=O. The van der Waals surface area contributed by atoms with E-state index in [4.69, 9.17) is 26.0 Å². The molecule has 0 aliphatic carbocycles. The molecule has 1 rings (SSSR count). The highest BCUT2D eigenvalue weighted by molar-refractivity contribution is 6.27. The molecule has 0 bridgehead atoms. The van der Waals surface area contributed by atoms with Gasteiger partial charge in [0.25, 0.3) is 5.91 Å². The second kappa shape index (κ2) is 10.9. The summed E-state index contributed by atoms with van der Waals surface area (Å²) in [5.41, 5.74) is -0.961. The number of imide groups is 1. The molecule has 0 aromatic heterocycles. The largest absolute Gasteiger partial charge is 0.382 e. The van der Waals surface area contributed by atoms with Crippen molar-refractivity contribution in [2.75, 3.05) is 46.7 Å². The van der Waals surface area contributed by atoms with Gasteiger partial charge in [0.2, 0.25) is 0 Å². The third kappa shape index (κ3) is 6.20. The van der Waals surface area contributed by atoms with Crippen molar-refractivity contribution in [1.29, 1.82) is 0 Å². The molecule has 0 saturated carbocycles. The third-order valence-corrected chi connectivity index (χ3v) is 4.45. The number of hydrogen-bond acceptors (Lipinski definition) is 5. The van der Waals surface area contributed by atoms with Crippen LogP contribution >= 0.6 is 11.8 Å². The number of halogens is 1. The summed E-state index contributed by atoms with van der Waals surface area (Å²) in [7, 11) is 1.64. The normalized spacial score (nSPS) is 17.2. The maximum absolute atomic E-state index is 12.1. The zero-order chi connectivity index (χ0) is 18.0. The lowest BCUT2D eigenvalue weighted by molar-refractivity contribution is -0.131. The van der Waals surface area contributed by atoms with Gasteiger partial charge in [-0.25, -0.2) is 9.21 Å². The first kappa shape index (κ1) is 21.2. The minimum atomic E-state index is -0.961. The van der Waals surface area contributed by atoms with Crippen molar-refractivity contribution in [3.05, 3.63) is 0 Å². The zero-order valence-electron chi connectivity index (χ0n) is 14.9. The molecule has 24 heavy (non-hydrogen) atoms. The van der Waals surface area contributed by atoms with Crippen LogP contribution in [0.3, 0.4) is 0 Å². The number of ether oxygens (including phenoxy) is 3. The summed E-state index contributed by atoms with van der Waals surface area (Å²) < 4.78 is 16.6. The van der Waals surface area contributed by atoms with E-state index < -0.39 is 11.6 Å². The average molecular weight is 365 g/mol. The Balaban J connectivity index is 1.99. The maximum atomic E-state index is 12.1. The summed E-state index contributed by atoms with van der Waals surface area (Å²) in [4.78, 5) is 25.3. The van der Waals surface area contributed by atoms with Gasteiger partial charge in [0.15, 0.2) is 0 Å². The van der Waals surface area contributed by atoms with E-state index in [1.165, 1.54) is 4.90 Å². The topological polar surface area (TPSA) is 68.3 Å². The molecule has 1 heterocycles. The van der Waals surface area contributed by atoms with Crippen LogP contribution < -0.4 is 0 Å². The number of amides is 3. The molecule has 7 nitrogen and oxygen atoms in total. The number of carbonyl (C=O) groups is 2. The molecular weight excluding hydrogens is 336 g/mol. The van der Waals surface area contributed by atoms with Gasteiger partial charge in [0.1, 0.15) is 5.54 Å². The van der Waals surface area contributed by atoms with Gasteiger partial charge >= 0.3 is 6.03 Å². The van der Waals surface area contributed by atoms with E-state index in [0.29, 0.717) is 39.6 Å². The number of carbonyl (C=O) groups excluding carboxylic acids is 2. The first-order valence-electron chi connectivity index (χ1n) is 8.39. The monoisotopic (exact) mass is 364 g/mol. The molecule has 0 N–H and O–H groups in total. The van der Waals surface area contributed by atoms with Gasteiger partial charge in [0, 0.05) is 32.0 Å². The Morgan fingerprint density at radius 3 is 2.08 bits per heavy atom. The van der Waals surface area contributed by atoms with Crippen LogP contribution in [0.4, 0.5) is 4.79 Å². The quantitative estimate of drug-likeness (QED) is 0.285. The first-order chi connectivity index (χ1) is 11.4. The van der Waals surface area contributed by atoms with E-state index >= 15 is 0 Å². The summed E-state index contributed by atoms with van der Waals surface area (Å²) in [6.45, 7) is 6.75. The average Bonchev–Trinajstić information content (AvgIpc) is 2.70. The number of urea groups is 1. The van der Waals surface area contributed by atoms with E-state index in [0.717, 1.165) is 30.1 Å². The Morgan fingerprint density at radius 1 is 0.917 bits per heavy atom. The van der Waals surface area contributed by atoms with Crippen LogP contribution in [0, 0.1) is 0 Å². The van der Waals surface area contributed by atoms with Gasteiger partial charge < -0.3 is 14.2 Å². The highest BCUT2D eigenvalue weighted by Crippen LogP contribution is 2.29. The van der Waals surface area contributed by atoms with Crippen LogP contribution in [0.1, 0.15) is 39.5 Å². The molecule has 140 valence electrons. The van der Waals surface area contributed by atoms with Gasteiger partial charge in [0.05, 0.1) is 26.4 Å². The van der Waals surface area contributed by atoms with E-state index in [1.807, 2.05) is 0 Å². The van der Waals surface area contributed by atoms with E-state index in [2.05, 4.69) is 0 Å². The summed E-state index contributed by atoms with van der Waals surface area (Å²) in [5, 5.41) is 0. The third-order valence-electron chi connectivity index (χ3n) is 3.88. The number of hydrogen-bond donors (Lipinski definition) is 0. The van der Waals surface area contributed by atoms with E-state index in [9.17, 15) is 9.59 Å². The van der Waals surface area contributed by atoms with Crippen molar-refractivity contribution in [1.82, 2.24) is 9.32 Å². The molecule has 0 unspecified atom stereocenters. The molecule has 0 aromatic carbocycles. The van der Waals surface area contributed by atoms with Gasteiger partial charge in [-0.1, -0.05) is 12.8 Å². The second-order valence-electron chi connectivity index (χ2n) is 6.21.